The Morgan fingerprint density at radius 1 is 1.38 bits per heavy atom. The van der Waals surface area contributed by atoms with Crippen LogP contribution in [-0.4, -0.2) is 71.7 Å². The number of rotatable bonds is 8. The number of aromatic amines is 1. The monoisotopic (exact) mass is 414 g/mol. The van der Waals surface area contributed by atoms with Crippen LogP contribution in [0.2, 0.25) is 0 Å². The van der Waals surface area contributed by atoms with Crippen molar-refractivity contribution in [2.24, 2.45) is 0 Å². The van der Waals surface area contributed by atoms with Gasteiger partial charge in [0.05, 0.1) is 35.3 Å². The van der Waals surface area contributed by atoms with Crippen molar-refractivity contribution < 1.29 is 9.53 Å². The molecule has 1 fully saturated rings. The second-order valence-corrected chi connectivity index (χ2v) is 8.16. The number of likely N-dealkylation sites (N-methyl/N-ethyl adjacent to an activating group) is 1. The number of nitrogens with zero attached hydrogens (tertiary/aromatic N) is 3. The van der Waals surface area contributed by atoms with Crippen LogP contribution in [-0.2, 0) is 17.7 Å². The zero-order valence-electron chi connectivity index (χ0n) is 16.5. The number of hydrogen-bond donors (Lipinski definition) is 3. The van der Waals surface area contributed by atoms with E-state index in [1.54, 1.807) is 0 Å². The van der Waals surface area contributed by atoms with E-state index in [1.165, 1.54) is 11.3 Å². The number of thiazole rings is 1. The Kier molecular flexibility index (Phi) is 6.50. The number of ether oxygens (including phenoxy) is 1. The van der Waals surface area contributed by atoms with Crippen LogP contribution >= 0.6 is 11.3 Å². The molecule has 1 atom stereocenters. The molecular weight excluding hydrogens is 388 g/mol. The van der Waals surface area contributed by atoms with E-state index in [4.69, 9.17) is 4.74 Å². The van der Waals surface area contributed by atoms with Gasteiger partial charge in [0.1, 0.15) is 11.5 Å². The van der Waals surface area contributed by atoms with Crippen molar-refractivity contribution in [2.45, 2.75) is 19.1 Å². The van der Waals surface area contributed by atoms with Crippen LogP contribution in [0.25, 0.3) is 11.0 Å². The first-order valence-corrected chi connectivity index (χ1v) is 10.7. The molecular formula is C20H26N6O2S. The van der Waals surface area contributed by atoms with Crippen molar-refractivity contribution in [3.63, 3.8) is 0 Å². The predicted molar refractivity (Wildman–Crippen MR) is 113 cm³/mol. The number of H-pyrrole nitrogens is 1. The number of morpholine rings is 1. The molecule has 1 aliphatic heterocycles. The standard InChI is InChI=1S/C20H26N6O2S/c1-26-8-9-28-14(12-26)10-22-20(27)17-13-29-19(25-17)6-7-21-11-18-23-15-4-2-3-5-16(15)24-18/h2-5,13-14,21H,6-12H2,1H3,(H,22,27)(H,23,24). The minimum Gasteiger partial charge on any atom is -0.374 e. The fourth-order valence-corrected chi connectivity index (χ4v) is 4.09. The maximum Gasteiger partial charge on any atom is 0.270 e. The molecule has 29 heavy (non-hydrogen) atoms. The van der Waals surface area contributed by atoms with Crippen LogP contribution in [0, 0.1) is 0 Å². The van der Waals surface area contributed by atoms with Crippen molar-refractivity contribution in [3.8, 4) is 0 Å². The second kappa shape index (κ2) is 9.45. The van der Waals surface area contributed by atoms with Gasteiger partial charge in [-0.05, 0) is 19.2 Å². The largest absolute Gasteiger partial charge is 0.374 e. The van der Waals surface area contributed by atoms with Gasteiger partial charge in [0.15, 0.2) is 0 Å². The molecule has 0 aliphatic carbocycles. The van der Waals surface area contributed by atoms with E-state index in [2.05, 4.69) is 37.5 Å². The van der Waals surface area contributed by atoms with Gasteiger partial charge in [-0.3, -0.25) is 4.79 Å². The van der Waals surface area contributed by atoms with Gasteiger partial charge < -0.3 is 25.3 Å². The van der Waals surface area contributed by atoms with Crippen LogP contribution in [0.1, 0.15) is 21.3 Å². The summed E-state index contributed by atoms with van der Waals surface area (Å²) in [5, 5.41) is 9.07. The number of hydrogen-bond acceptors (Lipinski definition) is 7. The lowest BCUT2D eigenvalue weighted by Gasteiger charge is -2.29. The number of amides is 1. The van der Waals surface area contributed by atoms with Gasteiger partial charge in [-0.2, -0.15) is 0 Å². The normalized spacial score (nSPS) is 17.6. The van der Waals surface area contributed by atoms with E-state index in [-0.39, 0.29) is 12.0 Å². The topological polar surface area (TPSA) is 95.2 Å². The van der Waals surface area contributed by atoms with Gasteiger partial charge in [-0.1, -0.05) is 12.1 Å². The minimum atomic E-state index is -0.139. The predicted octanol–water partition coefficient (Wildman–Crippen LogP) is 1.41. The van der Waals surface area contributed by atoms with Gasteiger partial charge in [0.2, 0.25) is 0 Å². The quantitative estimate of drug-likeness (QED) is 0.483. The Labute approximate surface area is 173 Å². The van der Waals surface area contributed by atoms with E-state index < -0.39 is 0 Å². The average Bonchev–Trinajstić information content (AvgIpc) is 3.36. The SMILES string of the molecule is CN1CCOC(CNC(=O)c2csc(CCNCc3nc4ccccc4[nH]3)n2)C1. The van der Waals surface area contributed by atoms with Gasteiger partial charge in [0.25, 0.3) is 5.91 Å². The van der Waals surface area contributed by atoms with Crippen LogP contribution in [0.15, 0.2) is 29.6 Å². The molecule has 4 rings (SSSR count). The van der Waals surface area contributed by atoms with Crippen molar-refractivity contribution in [1.29, 1.82) is 0 Å². The number of imidazole rings is 1. The van der Waals surface area contributed by atoms with Crippen LogP contribution in [0.5, 0.6) is 0 Å². The third-order valence-electron chi connectivity index (χ3n) is 4.86. The van der Waals surface area contributed by atoms with Crippen molar-refractivity contribution in [3.05, 3.63) is 46.2 Å². The molecule has 154 valence electrons. The Morgan fingerprint density at radius 2 is 2.28 bits per heavy atom. The molecule has 3 N–H and O–H groups in total. The van der Waals surface area contributed by atoms with Crippen molar-refractivity contribution in [2.75, 3.05) is 39.8 Å². The molecule has 1 aromatic carbocycles. The zero-order valence-corrected chi connectivity index (χ0v) is 17.3. The highest BCUT2D eigenvalue weighted by atomic mass is 32.1. The Balaban J connectivity index is 1.19. The highest BCUT2D eigenvalue weighted by Crippen LogP contribution is 2.12. The third kappa shape index (κ3) is 5.39. The van der Waals surface area contributed by atoms with Crippen molar-refractivity contribution >= 4 is 28.3 Å². The Morgan fingerprint density at radius 3 is 3.14 bits per heavy atom. The summed E-state index contributed by atoms with van der Waals surface area (Å²) in [6.45, 7) is 4.43. The molecule has 1 saturated heterocycles. The summed E-state index contributed by atoms with van der Waals surface area (Å²) < 4.78 is 5.67. The molecule has 1 aliphatic rings. The smallest absolute Gasteiger partial charge is 0.270 e. The molecule has 3 aromatic rings. The lowest BCUT2D eigenvalue weighted by molar-refractivity contribution is -0.0175. The molecule has 2 aromatic heterocycles. The molecule has 8 nitrogen and oxygen atoms in total. The number of aromatic nitrogens is 3. The molecule has 0 radical (unpaired) electrons. The number of fused-ring (bicyclic) bond motifs is 1. The number of para-hydroxylation sites is 2. The van der Waals surface area contributed by atoms with E-state index in [0.717, 1.165) is 47.9 Å². The van der Waals surface area contributed by atoms with Gasteiger partial charge in [-0.25, -0.2) is 9.97 Å². The summed E-state index contributed by atoms with van der Waals surface area (Å²) in [5.74, 6) is 0.778. The Bertz CT molecular complexity index is 922. The molecule has 9 heteroatoms. The van der Waals surface area contributed by atoms with Gasteiger partial charge in [-0.15, -0.1) is 11.3 Å². The lowest BCUT2D eigenvalue weighted by atomic mass is 10.3. The Hall–Kier alpha value is -2.33. The van der Waals surface area contributed by atoms with E-state index in [0.29, 0.717) is 25.4 Å². The summed E-state index contributed by atoms with van der Waals surface area (Å²) in [7, 11) is 2.06. The summed E-state index contributed by atoms with van der Waals surface area (Å²) in [4.78, 5) is 26.8. The van der Waals surface area contributed by atoms with Crippen LogP contribution in [0.3, 0.4) is 0 Å². The van der Waals surface area contributed by atoms with E-state index in [9.17, 15) is 4.79 Å². The highest BCUT2D eigenvalue weighted by molar-refractivity contribution is 7.09. The number of nitrogens with one attached hydrogen (secondary N) is 3. The molecule has 3 heterocycles. The van der Waals surface area contributed by atoms with Crippen molar-refractivity contribution in [1.82, 2.24) is 30.5 Å². The third-order valence-corrected chi connectivity index (χ3v) is 5.77. The van der Waals surface area contributed by atoms with Gasteiger partial charge in [0, 0.05) is 38.0 Å². The maximum absolute atomic E-state index is 12.3. The number of carbonyl (C=O) groups excluding carboxylic acids is 1. The summed E-state index contributed by atoms with van der Waals surface area (Å²) >= 11 is 1.51. The molecule has 0 spiro atoms. The maximum atomic E-state index is 12.3. The molecule has 1 unspecified atom stereocenters. The average molecular weight is 415 g/mol. The number of carbonyl (C=O) groups is 1. The summed E-state index contributed by atoms with van der Waals surface area (Å²) in [6, 6.07) is 7.99. The van der Waals surface area contributed by atoms with Crippen LogP contribution < -0.4 is 10.6 Å². The summed E-state index contributed by atoms with van der Waals surface area (Å²) in [5.41, 5.74) is 2.50. The fourth-order valence-electron chi connectivity index (χ4n) is 3.31. The minimum absolute atomic E-state index is 0.0401. The first-order valence-electron chi connectivity index (χ1n) is 9.84. The second-order valence-electron chi connectivity index (χ2n) is 7.22. The first-order chi connectivity index (χ1) is 14.2. The molecule has 0 bridgehead atoms. The summed E-state index contributed by atoms with van der Waals surface area (Å²) in [6.07, 6.45) is 0.813. The first kappa shape index (κ1) is 20.0. The number of benzene rings is 1. The van der Waals surface area contributed by atoms with Crippen LogP contribution in [0.4, 0.5) is 0 Å². The lowest BCUT2D eigenvalue weighted by Crippen LogP contribution is -2.45. The zero-order chi connectivity index (χ0) is 20.1. The van der Waals surface area contributed by atoms with E-state index in [1.807, 2.05) is 29.6 Å². The molecule has 1 amide bonds. The highest BCUT2D eigenvalue weighted by Gasteiger charge is 2.19. The fraction of sp³-hybridized carbons (Fsp3) is 0.450. The van der Waals surface area contributed by atoms with Gasteiger partial charge >= 0.3 is 0 Å². The molecule has 0 saturated carbocycles. The van der Waals surface area contributed by atoms with E-state index >= 15 is 0 Å².